The molecule has 2 amide bonds. The zero-order valence-corrected chi connectivity index (χ0v) is 25.8. The Hall–Kier alpha value is -4.87. The summed E-state index contributed by atoms with van der Waals surface area (Å²) in [7, 11) is 0. The summed E-state index contributed by atoms with van der Waals surface area (Å²) in [6.07, 6.45) is -0.234. The molecule has 3 unspecified atom stereocenters. The lowest BCUT2D eigenvalue weighted by Gasteiger charge is -2.43. The van der Waals surface area contributed by atoms with Gasteiger partial charge in [-0.25, -0.2) is 14.4 Å². The Morgan fingerprint density at radius 3 is 2.55 bits per heavy atom. The third-order valence-corrected chi connectivity index (χ3v) is 9.29. The molecule has 3 aromatic rings. The molecule has 0 spiro atoms. The molecule has 2 N–H and O–H groups in total. The van der Waals surface area contributed by atoms with Crippen molar-refractivity contribution in [1.29, 1.82) is 5.26 Å². The zero-order valence-electron chi connectivity index (χ0n) is 25.8. The normalized spacial score (nSPS) is 23.5. The van der Waals surface area contributed by atoms with Crippen LogP contribution < -0.4 is 20.3 Å². The average Bonchev–Trinajstić information content (AvgIpc) is 3.51. The van der Waals surface area contributed by atoms with Crippen molar-refractivity contribution in [2.24, 2.45) is 5.92 Å². The maximum Gasteiger partial charge on any atom is 0.235 e. The van der Waals surface area contributed by atoms with Gasteiger partial charge < -0.3 is 29.9 Å². The average molecular weight is 642 g/mol. The second-order valence-corrected chi connectivity index (χ2v) is 12.2. The van der Waals surface area contributed by atoms with E-state index >= 15 is 4.39 Å². The van der Waals surface area contributed by atoms with Crippen LogP contribution in [0, 0.1) is 17.2 Å². The van der Waals surface area contributed by atoms with E-state index in [1.165, 1.54) is 16.9 Å². The lowest BCUT2D eigenvalue weighted by atomic mass is 10.0. The third kappa shape index (κ3) is 6.68. The van der Waals surface area contributed by atoms with E-state index in [0.717, 1.165) is 45.1 Å². The van der Waals surface area contributed by atoms with Crippen molar-refractivity contribution < 1.29 is 23.5 Å². The van der Waals surface area contributed by atoms with E-state index < -0.39 is 18.2 Å². The number of carbonyl (C=O) groups excluding carboxylic acids is 2. The number of amides is 2. The number of anilines is 3. The lowest BCUT2D eigenvalue weighted by Crippen LogP contribution is -2.56. The van der Waals surface area contributed by atoms with Crippen LogP contribution in [0.3, 0.4) is 0 Å². The van der Waals surface area contributed by atoms with Crippen molar-refractivity contribution in [2.75, 3.05) is 69.2 Å². The number of aromatic nitrogens is 3. The van der Waals surface area contributed by atoms with E-state index in [9.17, 15) is 14.9 Å². The van der Waals surface area contributed by atoms with E-state index in [4.69, 9.17) is 9.47 Å². The van der Waals surface area contributed by atoms with Crippen LogP contribution in [0.2, 0.25) is 0 Å². The first-order chi connectivity index (χ1) is 22.9. The predicted molar refractivity (Wildman–Crippen MR) is 170 cm³/mol. The lowest BCUT2D eigenvalue weighted by molar-refractivity contribution is -0.143. The van der Waals surface area contributed by atoms with Gasteiger partial charge in [0, 0.05) is 62.6 Å². The number of nitrogens with zero attached hydrogens (tertiary/aromatic N) is 7. The van der Waals surface area contributed by atoms with Gasteiger partial charge >= 0.3 is 0 Å². The van der Waals surface area contributed by atoms with Crippen molar-refractivity contribution >= 4 is 29.1 Å². The topological polar surface area (TPSA) is 149 Å². The van der Waals surface area contributed by atoms with E-state index in [1.807, 2.05) is 12.1 Å². The molecule has 3 atom stereocenters. The number of piperazine rings is 1. The molecule has 4 aliphatic rings. The third-order valence-electron chi connectivity index (χ3n) is 9.29. The number of hydrogen-bond acceptors (Lipinski definition) is 11. The van der Waals surface area contributed by atoms with Crippen molar-refractivity contribution in [3.05, 3.63) is 54.4 Å². The molecule has 7 rings (SSSR count). The fourth-order valence-electron chi connectivity index (χ4n) is 6.45. The first kappa shape index (κ1) is 30.8. The standard InChI is InChI=1S/C33H36FN9O4/c34-27-17-43(32(45)26-7-9-36-31(26)44)10-8-29(27)47-28-6-1-21(15-22(28)16-35)30-37-20-38-33(40-30)39-23-2-4-24(5-3-23)41-11-13-42(14-12-41)25-18-46-19-25/h1-6,15,20,25-27,29H,7-14,17-19H2,(H,36,44)(H,37,38,39,40). The molecule has 0 radical (unpaired) electrons. The van der Waals surface area contributed by atoms with Gasteiger partial charge in [-0.15, -0.1) is 0 Å². The highest BCUT2D eigenvalue weighted by Crippen LogP contribution is 2.29. The second-order valence-electron chi connectivity index (χ2n) is 12.2. The van der Waals surface area contributed by atoms with E-state index in [-0.39, 0.29) is 42.6 Å². The van der Waals surface area contributed by atoms with Crippen LogP contribution >= 0.6 is 0 Å². The number of likely N-dealkylation sites (tertiary alicyclic amines) is 1. The summed E-state index contributed by atoms with van der Waals surface area (Å²) in [4.78, 5) is 44.0. The summed E-state index contributed by atoms with van der Waals surface area (Å²) in [5.74, 6) is -0.454. The van der Waals surface area contributed by atoms with Gasteiger partial charge in [0.2, 0.25) is 17.8 Å². The molecule has 14 heteroatoms. The number of nitriles is 1. The zero-order chi connectivity index (χ0) is 32.3. The number of ether oxygens (including phenoxy) is 2. The Morgan fingerprint density at radius 2 is 1.87 bits per heavy atom. The maximum absolute atomic E-state index is 15.2. The molecular formula is C33H36FN9O4. The molecule has 2 aromatic carbocycles. The summed E-state index contributed by atoms with van der Waals surface area (Å²) in [5.41, 5.74) is 2.79. The van der Waals surface area contributed by atoms with Crippen LogP contribution in [-0.4, -0.2) is 114 Å². The van der Waals surface area contributed by atoms with Crippen molar-refractivity contribution in [3.63, 3.8) is 0 Å². The number of nitrogens with one attached hydrogen (secondary N) is 2. The van der Waals surface area contributed by atoms with Gasteiger partial charge in [0.25, 0.3) is 0 Å². The fourth-order valence-corrected chi connectivity index (χ4v) is 6.45. The van der Waals surface area contributed by atoms with Gasteiger partial charge in [-0.1, -0.05) is 0 Å². The molecule has 4 aliphatic heterocycles. The summed E-state index contributed by atoms with van der Waals surface area (Å²) >= 11 is 0. The summed E-state index contributed by atoms with van der Waals surface area (Å²) in [6, 6.07) is 15.8. The van der Waals surface area contributed by atoms with Crippen molar-refractivity contribution in [3.8, 4) is 23.2 Å². The highest BCUT2D eigenvalue weighted by atomic mass is 19.1. The van der Waals surface area contributed by atoms with Crippen LogP contribution in [0.5, 0.6) is 5.75 Å². The Bertz CT molecular complexity index is 1660. The van der Waals surface area contributed by atoms with E-state index in [0.29, 0.717) is 36.3 Å². The van der Waals surface area contributed by atoms with Gasteiger partial charge in [0.15, 0.2) is 12.0 Å². The molecule has 0 aliphatic carbocycles. The van der Waals surface area contributed by atoms with E-state index in [2.05, 4.69) is 53.6 Å². The quantitative estimate of drug-likeness (QED) is 0.349. The highest BCUT2D eigenvalue weighted by molar-refractivity contribution is 6.01. The Labute approximate surface area is 271 Å². The van der Waals surface area contributed by atoms with Crippen LogP contribution in [0.25, 0.3) is 11.4 Å². The molecular weight excluding hydrogens is 605 g/mol. The SMILES string of the molecule is N#Cc1cc(-c2ncnc(Nc3ccc(N4CCN(C5COC5)CC4)cc3)n2)ccc1OC1CCN(C(=O)C2CCNC2=O)CC1F. The van der Waals surface area contributed by atoms with Crippen LogP contribution in [0.15, 0.2) is 48.8 Å². The van der Waals surface area contributed by atoms with Gasteiger partial charge in [-0.2, -0.15) is 10.2 Å². The Morgan fingerprint density at radius 1 is 1.06 bits per heavy atom. The summed E-state index contributed by atoms with van der Waals surface area (Å²) in [6.45, 7) is 6.26. The second kappa shape index (κ2) is 13.5. The molecule has 1 aromatic heterocycles. The number of rotatable bonds is 8. The van der Waals surface area contributed by atoms with Crippen LogP contribution in [-0.2, 0) is 14.3 Å². The summed E-state index contributed by atoms with van der Waals surface area (Å²) in [5, 5.41) is 15.7. The van der Waals surface area contributed by atoms with E-state index in [1.54, 1.807) is 18.2 Å². The van der Waals surface area contributed by atoms with Gasteiger partial charge in [0.1, 0.15) is 30.2 Å². The molecule has 5 heterocycles. The van der Waals surface area contributed by atoms with Gasteiger partial charge in [0.05, 0.1) is 31.4 Å². The Balaban J connectivity index is 0.960. The first-order valence-electron chi connectivity index (χ1n) is 16.0. The number of carbonyl (C=O) groups is 2. The van der Waals surface area contributed by atoms with Gasteiger partial charge in [-0.3, -0.25) is 14.5 Å². The molecule has 4 fully saturated rings. The monoisotopic (exact) mass is 641 g/mol. The number of benzene rings is 2. The van der Waals surface area contributed by atoms with Crippen molar-refractivity contribution in [2.45, 2.75) is 31.2 Å². The molecule has 0 bridgehead atoms. The van der Waals surface area contributed by atoms with Crippen molar-refractivity contribution in [1.82, 2.24) is 30.1 Å². The molecule has 244 valence electrons. The fraction of sp³-hybridized carbons (Fsp3) is 0.455. The van der Waals surface area contributed by atoms with Gasteiger partial charge in [-0.05, 0) is 48.9 Å². The number of piperidine rings is 1. The van der Waals surface area contributed by atoms with Crippen LogP contribution in [0.4, 0.5) is 21.7 Å². The Kier molecular flexibility index (Phi) is 8.82. The highest BCUT2D eigenvalue weighted by Gasteiger charge is 2.39. The maximum atomic E-state index is 15.2. The first-order valence-corrected chi connectivity index (χ1v) is 16.0. The summed E-state index contributed by atoms with van der Waals surface area (Å²) < 4.78 is 26.4. The minimum absolute atomic E-state index is 0.163. The minimum atomic E-state index is -1.47. The molecule has 13 nitrogen and oxygen atoms in total. The predicted octanol–water partition coefficient (Wildman–Crippen LogP) is 2.13. The number of hydrogen-bond donors (Lipinski definition) is 2. The number of halogens is 1. The smallest absolute Gasteiger partial charge is 0.235 e. The minimum Gasteiger partial charge on any atom is -0.486 e. The molecule has 4 saturated heterocycles. The number of alkyl halides is 1. The van der Waals surface area contributed by atoms with Crippen LogP contribution in [0.1, 0.15) is 18.4 Å². The molecule has 47 heavy (non-hydrogen) atoms. The largest absolute Gasteiger partial charge is 0.486 e. The molecule has 0 saturated carbocycles.